The fourth-order valence-corrected chi connectivity index (χ4v) is 3.19. The van der Waals surface area contributed by atoms with Gasteiger partial charge >= 0.3 is 11.9 Å². The molecule has 0 saturated heterocycles. The van der Waals surface area contributed by atoms with E-state index in [1.165, 1.54) is 6.07 Å². The lowest BCUT2D eigenvalue weighted by Gasteiger charge is -2.26. The van der Waals surface area contributed by atoms with Gasteiger partial charge in [0.25, 0.3) is 0 Å². The van der Waals surface area contributed by atoms with Crippen LogP contribution in [-0.2, 0) is 9.59 Å². The van der Waals surface area contributed by atoms with Gasteiger partial charge in [0.15, 0.2) is 0 Å². The van der Waals surface area contributed by atoms with Crippen LogP contribution in [0.1, 0.15) is 29.0 Å². The second-order valence-corrected chi connectivity index (χ2v) is 7.06. The van der Waals surface area contributed by atoms with Gasteiger partial charge in [-0.05, 0) is 37.9 Å². The van der Waals surface area contributed by atoms with Crippen LogP contribution in [0.3, 0.4) is 0 Å². The number of benzene rings is 2. The Hall–Kier alpha value is -3.49. The molecule has 8 heteroatoms. The summed E-state index contributed by atoms with van der Waals surface area (Å²) in [4.78, 5) is 20.1. The molecule has 1 heterocycles. The van der Waals surface area contributed by atoms with Crippen LogP contribution in [-0.4, -0.2) is 57.4 Å². The van der Waals surface area contributed by atoms with Gasteiger partial charge in [-0.2, -0.15) is 0 Å². The predicted octanol–water partition coefficient (Wildman–Crippen LogP) is 3.02. The van der Waals surface area contributed by atoms with E-state index in [-0.39, 0.29) is 11.9 Å². The smallest absolute Gasteiger partial charge is 0.414 e. The topological polar surface area (TPSA) is 103 Å². The number of hydrogen-bond donors (Lipinski definition) is 3. The first-order valence-electron chi connectivity index (χ1n) is 9.47. The van der Waals surface area contributed by atoms with Crippen molar-refractivity contribution in [2.45, 2.75) is 12.1 Å². The van der Waals surface area contributed by atoms with Crippen molar-refractivity contribution >= 4 is 11.9 Å². The zero-order valence-corrected chi connectivity index (χ0v) is 17.2. The van der Waals surface area contributed by atoms with Crippen LogP contribution in [0.15, 0.2) is 72.9 Å². The highest BCUT2D eigenvalue weighted by Crippen LogP contribution is 2.32. The Morgan fingerprint density at radius 3 is 2.06 bits per heavy atom. The maximum absolute atomic E-state index is 14.6. The average Bonchev–Trinajstić information content (AvgIpc) is 3.20. The van der Waals surface area contributed by atoms with Crippen molar-refractivity contribution in [3.05, 3.63) is 95.6 Å². The molecule has 3 aromatic rings. The number of rotatable bonds is 6. The summed E-state index contributed by atoms with van der Waals surface area (Å²) in [5, 5.41) is 25.4. The summed E-state index contributed by atoms with van der Waals surface area (Å²) in [6.07, 6.45) is 1.25. The normalized spacial score (nSPS) is 12.5. The van der Waals surface area contributed by atoms with E-state index in [4.69, 9.17) is 19.8 Å². The summed E-state index contributed by atoms with van der Waals surface area (Å²) in [6, 6.07) is 20.1. The van der Waals surface area contributed by atoms with Gasteiger partial charge in [0.05, 0.1) is 6.04 Å². The van der Waals surface area contributed by atoms with Crippen LogP contribution >= 0.6 is 0 Å². The van der Waals surface area contributed by atoms with E-state index < -0.39 is 18.0 Å². The number of aliphatic carboxylic acids is 2. The van der Waals surface area contributed by atoms with Crippen molar-refractivity contribution in [3.8, 4) is 0 Å². The predicted molar refractivity (Wildman–Crippen MR) is 113 cm³/mol. The second-order valence-electron chi connectivity index (χ2n) is 7.06. The Kier molecular flexibility index (Phi) is 8.48. The monoisotopic (exact) mass is 428 g/mol. The van der Waals surface area contributed by atoms with Crippen LogP contribution < -0.4 is 0 Å². The standard InChI is InChI=1S/C21H23FN2O.C2H2O4/c1-23(2)15-20(25)19-13-8-14-24(19)21(16-9-4-3-5-10-16)17-11-6-7-12-18(17)22;3-1(4)2(5)6/h3-14,20-21,25H,15H2,1-2H3;(H,3,4)(H,5,6). The van der Waals surface area contributed by atoms with Crippen LogP contribution in [0.5, 0.6) is 0 Å². The number of hydrogen-bond acceptors (Lipinski definition) is 4. The van der Waals surface area contributed by atoms with Gasteiger partial charge in [-0.15, -0.1) is 0 Å². The number of aliphatic hydroxyl groups excluding tert-OH is 1. The molecular weight excluding hydrogens is 403 g/mol. The molecule has 0 fully saturated rings. The molecule has 0 radical (unpaired) electrons. The first kappa shape index (κ1) is 23.8. The van der Waals surface area contributed by atoms with Gasteiger partial charge in [-0.25, -0.2) is 14.0 Å². The van der Waals surface area contributed by atoms with Crippen LogP contribution in [0.2, 0.25) is 0 Å². The number of carboxylic acid groups (broad SMARTS) is 2. The van der Waals surface area contributed by atoms with Crippen molar-refractivity contribution in [3.63, 3.8) is 0 Å². The Labute approximate surface area is 179 Å². The third kappa shape index (κ3) is 6.50. The third-order valence-corrected chi connectivity index (χ3v) is 4.47. The van der Waals surface area contributed by atoms with E-state index >= 15 is 0 Å². The lowest BCUT2D eigenvalue weighted by molar-refractivity contribution is -0.159. The summed E-state index contributed by atoms with van der Waals surface area (Å²) in [7, 11) is 3.84. The molecule has 2 atom stereocenters. The highest BCUT2D eigenvalue weighted by atomic mass is 19.1. The fourth-order valence-electron chi connectivity index (χ4n) is 3.19. The van der Waals surface area contributed by atoms with E-state index in [0.717, 1.165) is 11.3 Å². The number of aromatic nitrogens is 1. The SMILES string of the molecule is CN(C)CC(O)c1cccn1C(c1ccccc1)c1ccccc1F.O=C(O)C(=O)O. The van der Waals surface area contributed by atoms with Crippen LogP contribution in [0.25, 0.3) is 0 Å². The quantitative estimate of drug-likeness (QED) is 0.522. The summed E-state index contributed by atoms with van der Waals surface area (Å²) >= 11 is 0. The number of halogens is 1. The molecule has 31 heavy (non-hydrogen) atoms. The van der Waals surface area contributed by atoms with E-state index in [9.17, 15) is 9.50 Å². The first-order valence-corrected chi connectivity index (χ1v) is 9.47. The van der Waals surface area contributed by atoms with Gasteiger partial charge in [-0.1, -0.05) is 48.5 Å². The van der Waals surface area contributed by atoms with E-state index in [2.05, 4.69) is 0 Å². The molecule has 1 aromatic heterocycles. The molecule has 0 spiro atoms. The molecule has 0 aliphatic carbocycles. The molecule has 2 unspecified atom stereocenters. The molecule has 164 valence electrons. The zero-order valence-electron chi connectivity index (χ0n) is 17.2. The van der Waals surface area contributed by atoms with Crippen molar-refractivity contribution < 1.29 is 29.3 Å². The van der Waals surface area contributed by atoms with Gasteiger partial charge in [0.2, 0.25) is 0 Å². The summed E-state index contributed by atoms with van der Waals surface area (Å²) in [5.74, 6) is -3.90. The highest BCUT2D eigenvalue weighted by Gasteiger charge is 2.23. The molecule has 7 nitrogen and oxygen atoms in total. The van der Waals surface area contributed by atoms with Gasteiger partial charge in [0, 0.05) is 24.0 Å². The lowest BCUT2D eigenvalue weighted by atomic mass is 9.97. The van der Waals surface area contributed by atoms with Crippen LogP contribution in [0, 0.1) is 5.82 Å². The fraction of sp³-hybridized carbons (Fsp3) is 0.217. The number of aliphatic hydroxyl groups is 1. The van der Waals surface area contributed by atoms with Gasteiger partial charge < -0.3 is 24.8 Å². The Morgan fingerprint density at radius 2 is 1.52 bits per heavy atom. The Bertz CT molecular complexity index is 992. The molecule has 0 bridgehead atoms. The Balaban J connectivity index is 0.000000501. The van der Waals surface area contributed by atoms with Gasteiger partial charge in [0.1, 0.15) is 11.9 Å². The molecule has 0 aliphatic heterocycles. The second kappa shape index (κ2) is 11.1. The van der Waals surface area contributed by atoms with E-state index in [1.54, 1.807) is 12.1 Å². The maximum atomic E-state index is 14.6. The number of carbonyl (C=O) groups is 2. The molecule has 3 rings (SSSR count). The average molecular weight is 428 g/mol. The minimum atomic E-state index is -1.82. The first-order chi connectivity index (χ1) is 14.7. The lowest BCUT2D eigenvalue weighted by Crippen LogP contribution is -2.24. The molecule has 0 aliphatic rings. The number of nitrogens with zero attached hydrogens (tertiary/aromatic N) is 2. The van der Waals surface area contributed by atoms with Crippen molar-refractivity contribution in [2.24, 2.45) is 0 Å². The number of likely N-dealkylation sites (N-methyl/N-ethyl adjacent to an activating group) is 1. The molecular formula is C23H25FN2O5. The van der Waals surface area contributed by atoms with Gasteiger partial charge in [-0.3, -0.25) is 0 Å². The van der Waals surface area contributed by atoms with Crippen molar-refractivity contribution in [1.29, 1.82) is 0 Å². The maximum Gasteiger partial charge on any atom is 0.414 e. The third-order valence-electron chi connectivity index (χ3n) is 4.47. The minimum absolute atomic E-state index is 0.252. The molecule has 0 saturated carbocycles. The molecule has 2 aromatic carbocycles. The minimum Gasteiger partial charge on any atom is -0.473 e. The van der Waals surface area contributed by atoms with E-state index in [1.807, 2.05) is 78.3 Å². The largest absolute Gasteiger partial charge is 0.473 e. The molecule has 0 amide bonds. The summed E-state index contributed by atoms with van der Waals surface area (Å²) < 4.78 is 16.5. The highest BCUT2D eigenvalue weighted by molar-refractivity contribution is 6.27. The Morgan fingerprint density at radius 1 is 0.935 bits per heavy atom. The molecule has 3 N–H and O–H groups in total. The van der Waals surface area contributed by atoms with Crippen molar-refractivity contribution in [2.75, 3.05) is 20.6 Å². The van der Waals surface area contributed by atoms with Crippen LogP contribution in [0.4, 0.5) is 4.39 Å². The van der Waals surface area contributed by atoms with E-state index in [0.29, 0.717) is 12.1 Å². The number of carboxylic acids is 2. The summed E-state index contributed by atoms with van der Waals surface area (Å²) in [6.45, 7) is 0.503. The summed E-state index contributed by atoms with van der Waals surface area (Å²) in [5.41, 5.74) is 2.33. The van der Waals surface area contributed by atoms with Crippen molar-refractivity contribution in [1.82, 2.24) is 9.47 Å². The zero-order chi connectivity index (χ0) is 23.0.